The number of rotatable bonds is 2. The monoisotopic (exact) mass is 267 g/mol. The number of nitrogen functional groups attached to an aromatic ring is 1. The van der Waals surface area contributed by atoms with Gasteiger partial charge >= 0.3 is 6.36 Å². The maximum Gasteiger partial charge on any atom is 0.573 e. The molecular formula is C14H12F3NO. The molecule has 0 aliphatic heterocycles. The Bertz CT molecular complexity index is 576. The number of benzene rings is 2. The van der Waals surface area contributed by atoms with Crippen LogP contribution < -0.4 is 10.5 Å². The van der Waals surface area contributed by atoms with E-state index in [4.69, 9.17) is 5.73 Å². The molecular weight excluding hydrogens is 255 g/mol. The zero-order valence-corrected chi connectivity index (χ0v) is 10.2. The maximum atomic E-state index is 12.1. The van der Waals surface area contributed by atoms with E-state index in [1.54, 1.807) is 25.1 Å². The zero-order valence-electron chi connectivity index (χ0n) is 10.2. The number of halogens is 3. The van der Waals surface area contributed by atoms with Crippen molar-refractivity contribution in [2.24, 2.45) is 0 Å². The molecule has 0 fully saturated rings. The number of alkyl halides is 3. The molecule has 2 aromatic rings. The minimum Gasteiger partial charge on any atom is -0.406 e. The van der Waals surface area contributed by atoms with Crippen LogP contribution in [0.4, 0.5) is 18.9 Å². The third-order valence-corrected chi connectivity index (χ3v) is 2.65. The molecule has 0 aliphatic rings. The van der Waals surface area contributed by atoms with Crippen LogP contribution in [0.3, 0.4) is 0 Å². The van der Waals surface area contributed by atoms with Crippen LogP contribution >= 0.6 is 0 Å². The van der Waals surface area contributed by atoms with Crippen LogP contribution in [0.5, 0.6) is 5.75 Å². The van der Waals surface area contributed by atoms with E-state index in [0.29, 0.717) is 11.3 Å². The molecule has 0 radical (unpaired) electrons. The highest BCUT2D eigenvalue weighted by Gasteiger charge is 2.31. The molecule has 2 aromatic carbocycles. The normalized spacial score (nSPS) is 11.4. The van der Waals surface area contributed by atoms with Gasteiger partial charge in [0, 0.05) is 5.69 Å². The molecule has 0 saturated heterocycles. The van der Waals surface area contributed by atoms with Crippen molar-refractivity contribution in [2.75, 3.05) is 5.73 Å². The van der Waals surface area contributed by atoms with Gasteiger partial charge in [-0.1, -0.05) is 18.2 Å². The summed E-state index contributed by atoms with van der Waals surface area (Å²) in [7, 11) is 0. The molecule has 2 rings (SSSR count). The number of nitrogens with two attached hydrogens (primary N) is 1. The van der Waals surface area contributed by atoms with Gasteiger partial charge in [-0.2, -0.15) is 0 Å². The molecule has 0 unspecified atom stereocenters. The lowest BCUT2D eigenvalue weighted by molar-refractivity contribution is -0.274. The van der Waals surface area contributed by atoms with Crippen LogP contribution in [0.15, 0.2) is 42.5 Å². The van der Waals surface area contributed by atoms with Gasteiger partial charge in [-0.05, 0) is 47.9 Å². The molecule has 0 aromatic heterocycles. The maximum absolute atomic E-state index is 12.1. The van der Waals surface area contributed by atoms with E-state index in [0.717, 1.165) is 11.1 Å². The number of ether oxygens (including phenoxy) is 1. The Labute approximate surface area is 108 Å². The summed E-state index contributed by atoms with van der Waals surface area (Å²) in [5.41, 5.74) is 8.67. The first-order valence-corrected chi connectivity index (χ1v) is 5.57. The van der Waals surface area contributed by atoms with Crippen LogP contribution in [0.25, 0.3) is 11.1 Å². The van der Waals surface area contributed by atoms with Crippen LogP contribution in [-0.4, -0.2) is 6.36 Å². The van der Waals surface area contributed by atoms with Gasteiger partial charge in [-0.3, -0.25) is 0 Å². The minimum absolute atomic E-state index is 0.218. The van der Waals surface area contributed by atoms with Gasteiger partial charge in [0.2, 0.25) is 0 Å². The topological polar surface area (TPSA) is 35.2 Å². The Morgan fingerprint density at radius 2 is 1.63 bits per heavy atom. The molecule has 0 spiro atoms. The average Bonchev–Trinajstić information content (AvgIpc) is 2.29. The van der Waals surface area contributed by atoms with Crippen molar-refractivity contribution in [2.45, 2.75) is 13.3 Å². The van der Waals surface area contributed by atoms with Crippen LogP contribution in [-0.2, 0) is 0 Å². The lowest BCUT2D eigenvalue weighted by Crippen LogP contribution is -2.17. The van der Waals surface area contributed by atoms with Crippen molar-refractivity contribution >= 4 is 5.69 Å². The van der Waals surface area contributed by atoms with Crippen molar-refractivity contribution in [3.05, 3.63) is 48.0 Å². The van der Waals surface area contributed by atoms with Crippen molar-refractivity contribution in [1.29, 1.82) is 0 Å². The Morgan fingerprint density at radius 1 is 1.00 bits per heavy atom. The van der Waals surface area contributed by atoms with E-state index in [1.807, 2.05) is 12.1 Å². The molecule has 0 aliphatic carbocycles. The van der Waals surface area contributed by atoms with Crippen molar-refractivity contribution in [3.8, 4) is 16.9 Å². The first kappa shape index (κ1) is 13.3. The number of aryl methyl sites for hydroxylation is 1. The first-order chi connectivity index (χ1) is 8.85. The van der Waals surface area contributed by atoms with Gasteiger partial charge in [0.05, 0.1) is 0 Å². The van der Waals surface area contributed by atoms with Crippen LogP contribution in [0, 0.1) is 6.92 Å². The highest BCUT2D eigenvalue weighted by Crippen LogP contribution is 2.30. The summed E-state index contributed by atoms with van der Waals surface area (Å²) in [4.78, 5) is 0. The van der Waals surface area contributed by atoms with Crippen molar-refractivity contribution in [3.63, 3.8) is 0 Å². The quantitative estimate of drug-likeness (QED) is 0.830. The number of anilines is 1. The molecule has 0 atom stereocenters. The highest BCUT2D eigenvalue weighted by molar-refractivity contribution is 5.69. The Hall–Kier alpha value is -2.17. The molecule has 100 valence electrons. The lowest BCUT2D eigenvalue weighted by Gasteiger charge is -2.12. The largest absolute Gasteiger partial charge is 0.573 e. The fourth-order valence-electron chi connectivity index (χ4n) is 1.82. The van der Waals surface area contributed by atoms with Crippen LogP contribution in [0.2, 0.25) is 0 Å². The lowest BCUT2D eigenvalue weighted by atomic mass is 10.0. The van der Waals surface area contributed by atoms with E-state index in [-0.39, 0.29) is 5.75 Å². The molecule has 0 saturated carbocycles. The summed E-state index contributed by atoms with van der Waals surface area (Å²) in [5, 5.41) is 0. The van der Waals surface area contributed by atoms with E-state index < -0.39 is 6.36 Å². The van der Waals surface area contributed by atoms with Crippen LogP contribution in [0.1, 0.15) is 5.56 Å². The first-order valence-electron chi connectivity index (χ1n) is 5.57. The molecule has 5 heteroatoms. The molecule has 2 N–H and O–H groups in total. The summed E-state index contributed by atoms with van der Waals surface area (Å²) in [5.74, 6) is -0.218. The van der Waals surface area contributed by atoms with E-state index >= 15 is 0 Å². The second-order valence-corrected chi connectivity index (χ2v) is 4.15. The molecule has 0 bridgehead atoms. The molecule has 0 amide bonds. The standard InChI is InChI=1S/C14H12F3NO/c1-9-8-12(19-14(15,16)17)6-7-13(9)10-2-4-11(18)5-3-10/h2-8H,18H2,1H3. The predicted molar refractivity (Wildman–Crippen MR) is 67.7 cm³/mol. The summed E-state index contributed by atoms with van der Waals surface area (Å²) in [6, 6.07) is 11.4. The van der Waals surface area contributed by atoms with Gasteiger partial charge in [-0.25, -0.2) is 0 Å². The van der Waals surface area contributed by atoms with E-state index in [1.165, 1.54) is 12.1 Å². The SMILES string of the molecule is Cc1cc(OC(F)(F)F)ccc1-c1ccc(N)cc1. The summed E-state index contributed by atoms with van der Waals surface area (Å²) in [6.45, 7) is 1.73. The third-order valence-electron chi connectivity index (χ3n) is 2.65. The second kappa shape index (κ2) is 4.84. The fourth-order valence-corrected chi connectivity index (χ4v) is 1.82. The van der Waals surface area contributed by atoms with E-state index in [9.17, 15) is 13.2 Å². The fraction of sp³-hybridized carbons (Fsp3) is 0.143. The van der Waals surface area contributed by atoms with Gasteiger partial charge < -0.3 is 10.5 Å². The minimum atomic E-state index is -4.67. The number of hydrogen-bond acceptors (Lipinski definition) is 2. The third kappa shape index (κ3) is 3.40. The van der Waals surface area contributed by atoms with Gasteiger partial charge in [0.25, 0.3) is 0 Å². The van der Waals surface area contributed by atoms with Gasteiger partial charge in [0.1, 0.15) is 5.75 Å². The number of hydrogen-bond donors (Lipinski definition) is 1. The summed E-state index contributed by atoms with van der Waals surface area (Å²) < 4.78 is 40.2. The van der Waals surface area contributed by atoms with Gasteiger partial charge in [-0.15, -0.1) is 13.2 Å². The zero-order chi connectivity index (χ0) is 14.0. The summed E-state index contributed by atoms with van der Waals surface area (Å²) >= 11 is 0. The highest BCUT2D eigenvalue weighted by atomic mass is 19.4. The van der Waals surface area contributed by atoms with Crippen molar-refractivity contribution < 1.29 is 17.9 Å². The molecule has 0 heterocycles. The second-order valence-electron chi connectivity index (χ2n) is 4.15. The van der Waals surface area contributed by atoms with E-state index in [2.05, 4.69) is 4.74 Å². The average molecular weight is 267 g/mol. The van der Waals surface area contributed by atoms with Gasteiger partial charge in [0.15, 0.2) is 0 Å². The summed E-state index contributed by atoms with van der Waals surface area (Å²) in [6.07, 6.45) is -4.67. The predicted octanol–water partition coefficient (Wildman–Crippen LogP) is 4.14. The van der Waals surface area contributed by atoms with Crippen molar-refractivity contribution in [1.82, 2.24) is 0 Å². The Balaban J connectivity index is 2.31. The smallest absolute Gasteiger partial charge is 0.406 e. The molecule has 19 heavy (non-hydrogen) atoms. The molecule has 2 nitrogen and oxygen atoms in total. The Morgan fingerprint density at radius 3 is 2.16 bits per heavy atom. The Kier molecular flexibility index (Phi) is 3.38.